The van der Waals surface area contributed by atoms with Gasteiger partial charge in [-0.15, -0.1) is 11.3 Å². The molecule has 0 bridgehead atoms. The van der Waals surface area contributed by atoms with Crippen LogP contribution in [-0.2, 0) is 0 Å². The molecule has 0 aliphatic heterocycles. The quantitative estimate of drug-likeness (QED) is 0.798. The molecule has 1 N–H and O–H groups in total. The smallest absolute Gasteiger partial charge is 0.0931 e. The monoisotopic (exact) mass is 291 g/mol. The molecule has 3 heteroatoms. The topological polar surface area (TPSA) is 12.0 Å². The highest BCUT2D eigenvalue weighted by Gasteiger charge is 2.33. The second-order valence-corrected chi connectivity index (χ2v) is 6.84. The van der Waals surface area contributed by atoms with E-state index in [1.807, 2.05) is 0 Å². The fourth-order valence-corrected chi connectivity index (χ4v) is 3.50. The first-order valence-electron chi connectivity index (χ1n) is 6.79. The highest BCUT2D eigenvalue weighted by Crippen LogP contribution is 2.42. The second kappa shape index (κ2) is 5.66. The van der Waals surface area contributed by atoms with E-state index in [9.17, 15) is 0 Å². The lowest BCUT2D eigenvalue weighted by Crippen LogP contribution is -2.25. The average molecular weight is 292 g/mol. The largest absolute Gasteiger partial charge is 0.303 e. The molecule has 2 aromatic rings. The standard InChI is InChI=1S/C16H18ClNS/c1-11(14-9-15(17)19-10-14)18-16(13-7-8-13)12-5-3-2-4-6-12/h2-6,9-11,13,16,18H,7-8H2,1H3. The molecule has 1 aromatic heterocycles. The summed E-state index contributed by atoms with van der Waals surface area (Å²) in [6.07, 6.45) is 2.67. The van der Waals surface area contributed by atoms with Crippen LogP contribution in [0.2, 0.25) is 4.34 Å². The molecule has 1 heterocycles. The molecular weight excluding hydrogens is 274 g/mol. The van der Waals surface area contributed by atoms with Crippen molar-refractivity contribution in [2.75, 3.05) is 0 Å². The summed E-state index contributed by atoms with van der Waals surface area (Å²) in [5.74, 6) is 0.791. The predicted octanol–water partition coefficient (Wildman–Crippen LogP) is 5.20. The number of nitrogens with one attached hydrogen (secondary N) is 1. The molecule has 0 amide bonds. The Morgan fingerprint density at radius 1 is 1.21 bits per heavy atom. The number of rotatable bonds is 5. The molecule has 100 valence electrons. The first-order chi connectivity index (χ1) is 9.24. The van der Waals surface area contributed by atoms with E-state index >= 15 is 0 Å². The summed E-state index contributed by atoms with van der Waals surface area (Å²) in [5.41, 5.74) is 2.69. The van der Waals surface area contributed by atoms with Gasteiger partial charge >= 0.3 is 0 Å². The maximum Gasteiger partial charge on any atom is 0.0931 e. The lowest BCUT2D eigenvalue weighted by molar-refractivity contribution is 0.428. The Kier molecular flexibility index (Phi) is 3.92. The van der Waals surface area contributed by atoms with Crippen molar-refractivity contribution in [3.8, 4) is 0 Å². The van der Waals surface area contributed by atoms with Gasteiger partial charge < -0.3 is 5.32 Å². The van der Waals surface area contributed by atoms with Crippen molar-refractivity contribution in [1.29, 1.82) is 0 Å². The normalized spacial score (nSPS) is 18.2. The van der Waals surface area contributed by atoms with Crippen LogP contribution < -0.4 is 5.32 Å². The molecule has 3 rings (SSSR count). The molecule has 1 saturated carbocycles. The van der Waals surface area contributed by atoms with Gasteiger partial charge in [-0.25, -0.2) is 0 Å². The van der Waals surface area contributed by atoms with Crippen LogP contribution >= 0.6 is 22.9 Å². The van der Waals surface area contributed by atoms with E-state index in [0.29, 0.717) is 12.1 Å². The van der Waals surface area contributed by atoms with Gasteiger partial charge in [-0.05, 0) is 48.3 Å². The first kappa shape index (κ1) is 13.2. The Morgan fingerprint density at radius 2 is 1.95 bits per heavy atom. The van der Waals surface area contributed by atoms with Crippen LogP contribution in [0.3, 0.4) is 0 Å². The summed E-state index contributed by atoms with van der Waals surface area (Å²) in [5, 5.41) is 5.92. The Morgan fingerprint density at radius 3 is 2.53 bits per heavy atom. The summed E-state index contributed by atoms with van der Waals surface area (Å²) >= 11 is 7.63. The highest BCUT2D eigenvalue weighted by atomic mass is 35.5. The second-order valence-electron chi connectivity index (χ2n) is 5.30. The Bertz CT molecular complexity index is 533. The Balaban J connectivity index is 1.75. The Labute approximate surface area is 123 Å². The third kappa shape index (κ3) is 3.19. The fraction of sp³-hybridized carbons (Fsp3) is 0.375. The van der Waals surface area contributed by atoms with Crippen LogP contribution in [0.4, 0.5) is 0 Å². The molecule has 0 saturated heterocycles. The van der Waals surface area contributed by atoms with Crippen molar-refractivity contribution in [1.82, 2.24) is 5.32 Å². The SMILES string of the molecule is CC(NC(c1ccccc1)C1CC1)c1csc(Cl)c1. The van der Waals surface area contributed by atoms with E-state index in [1.165, 1.54) is 24.0 Å². The van der Waals surface area contributed by atoms with Gasteiger partial charge in [-0.3, -0.25) is 0 Å². The van der Waals surface area contributed by atoms with Crippen molar-refractivity contribution < 1.29 is 0 Å². The van der Waals surface area contributed by atoms with Gasteiger partial charge in [0.05, 0.1) is 4.34 Å². The lowest BCUT2D eigenvalue weighted by atomic mass is 10.0. The van der Waals surface area contributed by atoms with Crippen LogP contribution in [0, 0.1) is 5.92 Å². The minimum absolute atomic E-state index is 0.342. The first-order valence-corrected chi connectivity index (χ1v) is 8.05. The molecule has 0 spiro atoms. The van der Waals surface area contributed by atoms with E-state index in [1.54, 1.807) is 11.3 Å². The van der Waals surface area contributed by atoms with Crippen molar-refractivity contribution in [2.24, 2.45) is 5.92 Å². The van der Waals surface area contributed by atoms with Gasteiger partial charge in [0, 0.05) is 12.1 Å². The van der Waals surface area contributed by atoms with E-state index in [-0.39, 0.29) is 0 Å². The molecule has 0 radical (unpaired) electrons. The number of benzene rings is 1. The number of halogens is 1. The minimum atomic E-state index is 0.342. The Hall–Kier alpha value is -0.830. The van der Waals surface area contributed by atoms with E-state index < -0.39 is 0 Å². The van der Waals surface area contributed by atoms with E-state index in [2.05, 4.69) is 54.0 Å². The summed E-state index contributed by atoms with van der Waals surface area (Å²) in [6, 6.07) is 13.7. The zero-order chi connectivity index (χ0) is 13.2. The van der Waals surface area contributed by atoms with Gasteiger partial charge in [0.25, 0.3) is 0 Å². The minimum Gasteiger partial charge on any atom is -0.303 e. The molecule has 1 fully saturated rings. The van der Waals surface area contributed by atoms with Crippen LogP contribution in [-0.4, -0.2) is 0 Å². The molecular formula is C16H18ClNS. The fourth-order valence-electron chi connectivity index (χ4n) is 2.51. The number of hydrogen-bond donors (Lipinski definition) is 1. The number of hydrogen-bond acceptors (Lipinski definition) is 2. The van der Waals surface area contributed by atoms with Crippen molar-refractivity contribution in [3.05, 3.63) is 57.2 Å². The molecule has 1 nitrogen and oxygen atoms in total. The van der Waals surface area contributed by atoms with Crippen molar-refractivity contribution in [2.45, 2.75) is 31.8 Å². The molecule has 2 unspecified atom stereocenters. The van der Waals surface area contributed by atoms with Crippen LogP contribution in [0.25, 0.3) is 0 Å². The maximum atomic E-state index is 6.02. The third-order valence-electron chi connectivity index (χ3n) is 3.77. The van der Waals surface area contributed by atoms with Crippen LogP contribution in [0.1, 0.15) is 43.0 Å². The summed E-state index contributed by atoms with van der Waals surface area (Å²) in [6.45, 7) is 2.22. The van der Waals surface area contributed by atoms with Gasteiger partial charge in [0.1, 0.15) is 0 Å². The van der Waals surface area contributed by atoms with Crippen LogP contribution in [0.15, 0.2) is 41.8 Å². The number of thiophene rings is 1. The lowest BCUT2D eigenvalue weighted by Gasteiger charge is -2.23. The summed E-state index contributed by atoms with van der Waals surface area (Å²) in [4.78, 5) is 0. The molecule has 1 aromatic carbocycles. The maximum absolute atomic E-state index is 6.02. The zero-order valence-corrected chi connectivity index (χ0v) is 12.5. The predicted molar refractivity (Wildman–Crippen MR) is 82.8 cm³/mol. The molecule has 2 atom stereocenters. The molecule has 19 heavy (non-hydrogen) atoms. The van der Waals surface area contributed by atoms with Gasteiger partial charge in [0.15, 0.2) is 0 Å². The highest BCUT2D eigenvalue weighted by molar-refractivity contribution is 7.14. The summed E-state index contributed by atoms with van der Waals surface area (Å²) < 4.78 is 0.867. The molecule has 1 aliphatic rings. The van der Waals surface area contributed by atoms with Gasteiger partial charge in [-0.1, -0.05) is 41.9 Å². The average Bonchev–Trinajstić information content (AvgIpc) is 3.18. The van der Waals surface area contributed by atoms with Crippen LogP contribution in [0.5, 0.6) is 0 Å². The molecule has 1 aliphatic carbocycles. The zero-order valence-electron chi connectivity index (χ0n) is 11.0. The van der Waals surface area contributed by atoms with E-state index in [4.69, 9.17) is 11.6 Å². The van der Waals surface area contributed by atoms with Crippen molar-refractivity contribution >= 4 is 22.9 Å². The van der Waals surface area contributed by atoms with Crippen molar-refractivity contribution in [3.63, 3.8) is 0 Å². The third-order valence-corrected chi connectivity index (χ3v) is 4.88. The summed E-state index contributed by atoms with van der Waals surface area (Å²) in [7, 11) is 0. The van der Waals surface area contributed by atoms with E-state index in [0.717, 1.165) is 10.3 Å². The van der Waals surface area contributed by atoms with Gasteiger partial charge in [-0.2, -0.15) is 0 Å². The van der Waals surface area contributed by atoms with Gasteiger partial charge in [0.2, 0.25) is 0 Å².